The molecule has 0 spiro atoms. The predicted octanol–water partition coefficient (Wildman–Crippen LogP) is 2.47. The highest BCUT2D eigenvalue weighted by molar-refractivity contribution is 6.31. The van der Waals surface area contributed by atoms with Gasteiger partial charge in [0.25, 0.3) is 5.91 Å². The fraction of sp³-hybridized carbons (Fsp3) is 0.105. The molecule has 0 aliphatic carbocycles. The molecule has 3 aromatic rings. The number of nitrogens with one attached hydrogen (secondary N) is 1. The number of carbonyl (C=O) groups is 2. The van der Waals surface area contributed by atoms with Crippen LogP contribution in [0.3, 0.4) is 0 Å². The van der Waals surface area contributed by atoms with Crippen molar-refractivity contribution in [3.05, 3.63) is 76.9 Å². The lowest BCUT2D eigenvalue weighted by Gasteiger charge is -2.04. The van der Waals surface area contributed by atoms with Crippen LogP contribution in [-0.4, -0.2) is 28.1 Å². The van der Waals surface area contributed by atoms with Gasteiger partial charge in [-0.2, -0.15) is 5.10 Å². The van der Waals surface area contributed by atoms with E-state index in [1.54, 1.807) is 16.9 Å². The SMILES string of the molecule is NC(=O)CNC(=O)c1cn(Cc2ccccc2Cl)nc1-c1ccccc1. The fourth-order valence-electron chi connectivity index (χ4n) is 2.54. The smallest absolute Gasteiger partial charge is 0.255 e. The molecule has 0 fully saturated rings. The fourth-order valence-corrected chi connectivity index (χ4v) is 2.74. The zero-order valence-corrected chi connectivity index (χ0v) is 14.6. The molecule has 0 saturated carbocycles. The van der Waals surface area contributed by atoms with E-state index in [9.17, 15) is 9.59 Å². The Kier molecular flexibility index (Phi) is 5.34. The van der Waals surface area contributed by atoms with E-state index in [4.69, 9.17) is 17.3 Å². The molecule has 0 unspecified atom stereocenters. The molecule has 1 heterocycles. The number of rotatable bonds is 6. The number of primary amides is 1. The minimum absolute atomic E-state index is 0.233. The van der Waals surface area contributed by atoms with Crippen molar-refractivity contribution >= 4 is 23.4 Å². The van der Waals surface area contributed by atoms with Gasteiger partial charge in [0, 0.05) is 16.8 Å². The molecule has 3 rings (SSSR count). The Balaban J connectivity index is 1.96. The van der Waals surface area contributed by atoms with Gasteiger partial charge in [-0.15, -0.1) is 0 Å². The number of hydrogen-bond donors (Lipinski definition) is 2. The van der Waals surface area contributed by atoms with Crippen LogP contribution in [0.1, 0.15) is 15.9 Å². The van der Waals surface area contributed by atoms with Crippen molar-refractivity contribution < 1.29 is 9.59 Å². The number of carbonyl (C=O) groups excluding carboxylic acids is 2. The first kappa shape index (κ1) is 17.7. The Labute approximate surface area is 155 Å². The lowest BCUT2D eigenvalue weighted by atomic mass is 10.1. The number of hydrogen-bond acceptors (Lipinski definition) is 3. The summed E-state index contributed by atoms with van der Waals surface area (Å²) in [6.45, 7) is 0.186. The van der Waals surface area contributed by atoms with Crippen molar-refractivity contribution in [3.63, 3.8) is 0 Å². The Morgan fingerprint density at radius 2 is 1.77 bits per heavy atom. The van der Waals surface area contributed by atoms with E-state index in [2.05, 4.69) is 10.4 Å². The van der Waals surface area contributed by atoms with Crippen LogP contribution in [0, 0.1) is 0 Å². The first-order valence-electron chi connectivity index (χ1n) is 7.97. The maximum atomic E-state index is 12.5. The zero-order chi connectivity index (χ0) is 18.5. The highest BCUT2D eigenvalue weighted by Crippen LogP contribution is 2.23. The van der Waals surface area contributed by atoms with Gasteiger partial charge in [-0.25, -0.2) is 0 Å². The van der Waals surface area contributed by atoms with Crippen LogP contribution in [0.15, 0.2) is 60.8 Å². The average molecular weight is 369 g/mol. The molecular formula is C19H17ClN4O2. The number of halogens is 1. The van der Waals surface area contributed by atoms with Crippen molar-refractivity contribution in [3.8, 4) is 11.3 Å². The molecule has 0 aliphatic heterocycles. The first-order chi connectivity index (χ1) is 12.5. The van der Waals surface area contributed by atoms with Crippen LogP contribution in [0.25, 0.3) is 11.3 Å². The van der Waals surface area contributed by atoms with Gasteiger partial charge in [-0.3, -0.25) is 14.3 Å². The highest BCUT2D eigenvalue weighted by Gasteiger charge is 2.18. The second kappa shape index (κ2) is 7.84. The maximum absolute atomic E-state index is 12.5. The van der Waals surface area contributed by atoms with Crippen LogP contribution in [0.4, 0.5) is 0 Å². The molecule has 0 aliphatic rings. The van der Waals surface area contributed by atoms with Gasteiger partial charge in [0.2, 0.25) is 5.91 Å². The topological polar surface area (TPSA) is 90.0 Å². The number of benzene rings is 2. The van der Waals surface area contributed by atoms with Crippen molar-refractivity contribution in [1.29, 1.82) is 0 Å². The maximum Gasteiger partial charge on any atom is 0.255 e. The van der Waals surface area contributed by atoms with E-state index in [0.717, 1.165) is 11.1 Å². The van der Waals surface area contributed by atoms with Gasteiger partial charge in [0.15, 0.2) is 0 Å². The summed E-state index contributed by atoms with van der Waals surface area (Å²) in [7, 11) is 0. The number of nitrogens with two attached hydrogens (primary N) is 1. The van der Waals surface area contributed by atoms with Gasteiger partial charge in [-0.1, -0.05) is 60.1 Å². The quantitative estimate of drug-likeness (QED) is 0.700. The first-order valence-corrected chi connectivity index (χ1v) is 8.35. The van der Waals surface area contributed by atoms with Crippen LogP contribution in [-0.2, 0) is 11.3 Å². The van der Waals surface area contributed by atoms with Gasteiger partial charge in [-0.05, 0) is 11.6 Å². The molecule has 2 aromatic carbocycles. The number of aromatic nitrogens is 2. The van der Waals surface area contributed by atoms with Crippen molar-refractivity contribution in [2.45, 2.75) is 6.54 Å². The summed E-state index contributed by atoms with van der Waals surface area (Å²) in [4.78, 5) is 23.4. The van der Waals surface area contributed by atoms with E-state index in [-0.39, 0.29) is 6.54 Å². The average Bonchev–Trinajstić information content (AvgIpc) is 3.06. The van der Waals surface area contributed by atoms with E-state index in [1.165, 1.54) is 0 Å². The van der Waals surface area contributed by atoms with Crippen LogP contribution >= 0.6 is 11.6 Å². The molecule has 132 valence electrons. The predicted molar refractivity (Wildman–Crippen MR) is 99.7 cm³/mol. The molecule has 0 radical (unpaired) electrons. The summed E-state index contributed by atoms with van der Waals surface area (Å²) in [6.07, 6.45) is 1.64. The van der Waals surface area contributed by atoms with Crippen LogP contribution < -0.4 is 11.1 Å². The van der Waals surface area contributed by atoms with Crippen LogP contribution in [0.2, 0.25) is 5.02 Å². The third-order valence-corrected chi connectivity index (χ3v) is 4.14. The van der Waals surface area contributed by atoms with Gasteiger partial charge in [0.05, 0.1) is 18.7 Å². The third kappa shape index (κ3) is 4.10. The number of amides is 2. The molecular weight excluding hydrogens is 352 g/mol. The van der Waals surface area contributed by atoms with Gasteiger partial charge < -0.3 is 11.1 Å². The Morgan fingerprint density at radius 1 is 1.08 bits per heavy atom. The normalized spacial score (nSPS) is 10.5. The standard InChI is InChI=1S/C19H17ClN4O2/c20-16-9-5-4-8-14(16)11-24-12-15(19(26)22-10-17(21)25)18(23-24)13-6-2-1-3-7-13/h1-9,12H,10-11H2,(H2,21,25)(H,22,26). The molecule has 3 N–H and O–H groups in total. The summed E-state index contributed by atoms with van der Waals surface area (Å²) in [5.74, 6) is -1.02. The summed E-state index contributed by atoms with van der Waals surface area (Å²) < 4.78 is 1.66. The Bertz CT molecular complexity index is 938. The molecule has 0 saturated heterocycles. The summed E-state index contributed by atoms with van der Waals surface area (Å²) in [6, 6.07) is 16.8. The highest BCUT2D eigenvalue weighted by atomic mass is 35.5. The molecule has 7 heteroatoms. The monoisotopic (exact) mass is 368 g/mol. The lowest BCUT2D eigenvalue weighted by molar-refractivity contribution is -0.117. The molecule has 26 heavy (non-hydrogen) atoms. The van der Waals surface area contributed by atoms with E-state index >= 15 is 0 Å². The summed E-state index contributed by atoms with van der Waals surface area (Å²) in [5.41, 5.74) is 7.69. The Morgan fingerprint density at radius 3 is 2.46 bits per heavy atom. The van der Waals surface area contributed by atoms with Gasteiger partial charge in [0.1, 0.15) is 5.69 Å². The van der Waals surface area contributed by atoms with Crippen molar-refractivity contribution in [2.24, 2.45) is 5.73 Å². The summed E-state index contributed by atoms with van der Waals surface area (Å²) in [5, 5.41) is 7.68. The molecule has 6 nitrogen and oxygen atoms in total. The van der Waals surface area contributed by atoms with Gasteiger partial charge >= 0.3 is 0 Å². The second-order valence-electron chi connectivity index (χ2n) is 5.70. The van der Waals surface area contributed by atoms with E-state index < -0.39 is 11.8 Å². The van der Waals surface area contributed by atoms with E-state index in [0.29, 0.717) is 22.8 Å². The molecule has 1 aromatic heterocycles. The summed E-state index contributed by atoms with van der Waals surface area (Å²) >= 11 is 6.21. The Hall–Kier alpha value is -3.12. The minimum atomic E-state index is -0.608. The molecule has 0 atom stereocenters. The lowest BCUT2D eigenvalue weighted by Crippen LogP contribution is -2.33. The second-order valence-corrected chi connectivity index (χ2v) is 6.10. The zero-order valence-electron chi connectivity index (χ0n) is 13.9. The van der Waals surface area contributed by atoms with Crippen molar-refractivity contribution in [2.75, 3.05) is 6.54 Å². The van der Waals surface area contributed by atoms with E-state index in [1.807, 2.05) is 48.5 Å². The third-order valence-electron chi connectivity index (χ3n) is 3.77. The number of nitrogens with zero attached hydrogens (tertiary/aromatic N) is 2. The molecule has 2 amide bonds. The molecule has 0 bridgehead atoms. The minimum Gasteiger partial charge on any atom is -0.368 e. The van der Waals surface area contributed by atoms with Crippen LogP contribution in [0.5, 0.6) is 0 Å². The largest absolute Gasteiger partial charge is 0.368 e. The van der Waals surface area contributed by atoms with Crippen molar-refractivity contribution in [1.82, 2.24) is 15.1 Å².